The van der Waals surface area contributed by atoms with Crippen LogP contribution in [0.1, 0.15) is 32.5 Å². The zero-order valence-corrected chi connectivity index (χ0v) is 13.2. The van der Waals surface area contributed by atoms with Crippen LogP contribution in [0.25, 0.3) is 0 Å². The first kappa shape index (κ1) is 15.5. The van der Waals surface area contributed by atoms with Crippen molar-refractivity contribution >= 4 is 9.84 Å². The number of imidazole rings is 1. The summed E-state index contributed by atoms with van der Waals surface area (Å²) in [4.78, 5) is 4.42. The molecule has 1 N–H and O–H groups in total. The molecule has 5 nitrogen and oxygen atoms in total. The highest BCUT2D eigenvalue weighted by Crippen LogP contribution is 2.23. The molecule has 0 aromatic carbocycles. The maximum Gasteiger partial charge on any atom is 0.150 e. The molecule has 2 unspecified atom stereocenters. The molecule has 1 aromatic heterocycles. The minimum atomic E-state index is -2.83. The summed E-state index contributed by atoms with van der Waals surface area (Å²) in [5.74, 6) is 1.92. The lowest BCUT2D eigenvalue weighted by Gasteiger charge is -2.24. The van der Waals surface area contributed by atoms with Crippen molar-refractivity contribution < 1.29 is 8.42 Å². The number of rotatable bonds is 7. The summed E-state index contributed by atoms with van der Waals surface area (Å²) in [6.07, 6.45) is 6.44. The molecule has 114 valence electrons. The predicted molar refractivity (Wildman–Crippen MR) is 80.4 cm³/mol. The zero-order valence-electron chi connectivity index (χ0n) is 12.4. The van der Waals surface area contributed by atoms with Gasteiger partial charge in [-0.2, -0.15) is 0 Å². The zero-order chi connectivity index (χ0) is 14.6. The minimum Gasteiger partial charge on any atom is -0.335 e. The lowest BCUT2D eigenvalue weighted by Crippen LogP contribution is -2.39. The molecule has 1 aliphatic heterocycles. The number of aryl methyl sites for hydroxylation is 1. The molecular weight excluding hydrogens is 274 g/mol. The lowest BCUT2D eigenvalue weighted by molar-refractivity contribution is 0.370. The smallest absolute Gasteiger partial charge is 0.150 e. The van der Waals surface area contributed by atoms with E-state index < -0.39 is 9.84 Å². The van der Waals surface area contributed by atoms with E-state index in [1.165, 1.54) is 0 Å². The maximum atomic E-state index is 11.7. The van der Waals surface area contributed by atoms with Gasteiger partial charge in [0.1, 0.15) is 5.82 Å². The Morgan fingerprint density at radius 1 is 1.50 bits per heavy atom. The van der Waals surface area contributed by atoms with E-state index in [4.69, 9.17) is 0 Å². The summed E-state index contributed by atoms with van der Waals surface area (Å²) in [6, 6.07) is 0.208. The summed E-state index contributed by atoms with van der Waals surface area (Å²) >= 11 is 0. The Labute approximate surface area is 121 Å². The van der Waals surface area contributed by atoms with E-state index in [9.17, 15) is 8.42 Å². The van der Waals surface area contributed by atoms with Crippen LogP contribution in [0.5, 0.6) is 0 Å². The summed E-state index contributed by atoms with van der Waals surface area (Å²) < 4.78 is 25.5. The molecule has 6 heteroatoms. The maximum absolute atomic E-state index is 11.7. The first-order valence-corrected chi connectivity index (χ1v) is 9.31. The van der Waals surface area contributed by atoms with Crippen LogP contribution in [0.15, 0.2) is 12.4 Å². The first-order chi connectivity index (χ1) is 9.55. The third-order valence-electron chi connectivity index (χ3n) is 4.04. The van der Waals surface area contributed by atoms with Crippen LogP contribution in [0.2, 0.25) is 0 Å². The molecule has 2 atom stereocenters. The molecule has 0 radical (unpaired) electrons. The molecule has 2 heterocycles. The highest BCUT2D eigenvalue weighted by atomic mass is 32.2. The van der Waals surface area contributed by atoms with Gasteiger partial charge in [-0.05, 0) is 32.2 Å². The van der Waals surface area contributed by atoms with Gasteiger partial charge in [0.05, 0.1) is 11.5 Å². The molecule has 0 aliphatic carbocycles. The van der Waals surface area contributed by atoms with Crippen LogP contribution in [0.4, 0.5) is 0 Å². The Kier molecular flexibility index (Phi) is 5.21. The highest BCUT2D eigenvalue weighted by molar-refractivity contribution is 7.91. The third kappa shape index (κ3) is 3.82. The molecule has 2 rings (SSSR count). The topological polar surface area (TPSA) is 64.0 Å². The minimum absolute atomic E-state index is 0.208. The van der Waals surface area contributed by atoms with E-state index in [1.807, 2.05) is 12.4 Å². The quantitative estimate of drug-likeness (QED) is 0.823. The largest absolute Gasteiger partial charge is 0.335 e. The van der Waals surface area contributed by atoms with Crippen molar-refractivity contribution in [2.24, 2.45) is 5.92 Å². The Balaban J connectivity index is 2.08. The average Bonchev–Trinajstić information content (AvgIpc) is 3.00. The van der Waals surface area contributed by atoms with Gasteiger partial charge in [0.25, 0.3) is 0 Å². The van der Waals surface area contributed by atoms with Crippen molar-refractivity contribution in [3.05, 3.63) is 18.2 Å². The monoisotopic (exact) mass is 299 g/mol. The van der Waals surface area contributed by atoms with E-state index in [0.29, 0.717) is 11.5 Å². The van der Waals surface area contributed by atoms with E-state index in [0.717, 1.165) is 38.2 Å². The second-order valence-corrected chi connectivity index (χ2v) is 7.79. The summed E-state index contributed by atoms with van der Waals surface area (Å²) in [5, 5.41) is 3.52. The van der Waals surface area contributed by atoms with Crippen molar-refractivity contribution in [3.8, 4) is 0 Å². The molecule has 1 saturated heterocycles. The average molecular weight is 299 g/mol. The van der Waals surface area contributed by atoms with Crippen LogP contribution in [0, 0.1) is 5.92 Å². The number of aromatic nitrogens is 2. The normalized spacial score (nSPS) is 23.0. The number of hydrogen-bond donors (Lipinski definition) is 1. The molecule has 1 fully saturated rings. The number of sulfone groups is 1. The molecule has 20 heavy (non-hydrogen) atoms. The highest BCUT2D eigenvalue weighted by Gasteiger charge is 2.33. The number of nitrogens with zero attached hydrogens (tertiary/aromatic N) is 2. The van der Waals surface area contributed by atoms with E-state index in [2.05, 4.69) is 28.7 Å². The van der Waals surface area contributed by atoms with Crippen LogP contribution >= 0.6 is 0 Å². The standard InChI is InChI=1S/C14H25N3O2S/c1-3-6-15-13(12-5-9-20(18,19)11-12)10-14-16-7-8-17(14)4-2/h7-8,12-13,15H,3-6,9-11H2,1-2H3. The van der Waals surface area contributed by atoms with Crippen LogP contribution in [0.3, 0.4) is 0 Å². The van der Waals surface area contributed by atoms with E-state index in [1.54, 1.807) is 0 Å². The van der Waals surface area contributed by atoms with Gasteiger partial charge >= 0.3 is 0 Å². The number of nitrogens with one attached hydrogen (secondary N) is 1. The van der Waals surface area contributed by atoms with Gasteiger partial charge in [-0.15, -0.1) is 0 Å². The Bertz CT molecular complexity index is 524. The van der Waals surface area contributed by atoms with Crippen LogP contribution in [-0.4, -0.2) is 42.1 Å². The SMILES string of the molecule is CCCNC(Cc1nccn1CC)C1CCS(=O)(=O)C1. The van der Waals surface area contributed by atoms with Crippen LogP contribution in [-0.2, 0) is 22.8 Å². The molecule has 0 bridgehead atoms. The fraction of sp³-hybridized carbons (Fsp3) is 0.786. The van der Waals surface area contributed by atoms with Gasteiger partial charge in [0, 0.05) is 31.4 Å². The van der Waals surface area contributed by atoms with Gasteiger partial charge < -0.3 is 9.88 Å². The molecule has 0 amide bonds. The molecule has 0 saturated carbocycles. The second-order valence-electron chi connectivity index (χ2n) is 5.56. The summed E-state index contributed by atoms with van der Waals surface area (Å²) in [6.45, 7) is 6.05. The van der Waals surface area contributed by atoms with Gasteiger partial charge in [0.15, 0.2) is 9.84 Å². The summed E-state index contributed by atoms with van der Waals surface area (Å²) in [5.41, 5.74) is 0. The van der Waals surface area contributed by atoms with Crippen molar-refractivity contribution in [2.75, 3.05) is 18.1 Å². The third-order valence-corrected chi connectivity index (χ3v) is 5.83. The van der Waals surface area contributed by atoms with Gasteiger partial charge in [-0.25, -0.2) is 13.4 Å². The number of hydrogen-bond acceptors (Lipinski definition) is 4. The molecular formula is C14H25N3O2S. The first-order valence-electron chi connectivity index (χ1n) is 7.49. The fourth-order valence-corrected chi connectivity index (χ4v) is 4.77. The van der Waals surface area contributed by atoms with Crippen molar-refractivity contribution in [2.45, 2.75) is 45.7 Å². The van der Waals surface area contributed by atoms with E-state index >= 15 is 0 Å². The predicted octanol–water partition coefficient (Wildman–Crippen LogP) is 1.25. The van der Waals surface area contributed by atoms with Crippen molar-refractivity contribution in [3.63, 3.8) is 0 Å². The van der Waals surface area contributed by atoms with Gasteiger partial charge in [-0.1, -0.05) is 6.92 Å². The molecule has 0 spiro atoms. The van der Waals surface area contributed by atoms with Gasteiger partial charge in [-0.3, -0.25) is 0 Å². The van der Waals surface area contributed by atoms with Crippen LogP contribution < -0.4 is 5.32 Å². The molecule has 1 aromatic rings. The fourth-order valence-electron chi connectivity index (χ4n) is 2.89. The molecule has 1 aliphatic rings. The van der Waals surface area contributed by atoms with Crippen molar-refractivity contribution in [1.29, 1.82) is 0 Å². The Morgan fingerprint density at radius 3 is 2.90 bits per heavy atom. The second kappa shape index (κ2) is 6.72. The Morgan fingerprint density at radius 2 is 2.30 bits per heavy atom. The Hall–Kier alpha value is -0.880. The van der Waals surface area contributed by atoms with Gasteiger partial charge in [0.2, 0.25) is 0 Å². The van der Waals surface area contributed by atoms with Crippen molar-refractivity contribution in [1.82, 2.24) is 14.9 Å². The lowest BCUT2D eigenvalue weighted by atomic mass is 9.96. The van der Waals surface area contributed by atoms with E-state index in [-0.39, 0.29) is 12.0 Å². The summed E-state index contributed by atoms with van der Waals surface area (Å²) in [7, 11) is -2.83.